The number of amides is 4. The zero-order valence-corrected chi connectivity index (χ0v) is 31.3. The van der Waals surface area contributed by atoms with E-state index in [1.165, 1.54) is 14.2 Å². The molecule has 4 aromatic rings. The van der Waals surface area contributed by atoms with Crippen molar-refractivity contribution >= 4 is 24.0 Å². The molecule has 55 heavy (non-hydrogen) atoms. The van der Waals surface area contributed by atoms with Gasteiger partial charge in [-0.05, 0) is 74.1 Å². The number of carboxylic acid groups (broad SMARTS) is 1. The van der Waals surface area contributed by atoms with Crippen LogP contribution in [0.1, 0.15) is 75.6 Å². The lowest BCUT2D eigenvalue weighted by molar-refractivity contribution is -0.138. The molecule has 0 spiro atoms. The molecular formula is C40H48N8O7. The smallest absolute Gasteiger partial charge is 0.407 e. The molecule has 4 amide bonds. The second kappa shape index (κ2) is 16.3. The van der Waals surface area contributed by atoms with Crippen LogP contribution in [0, 0.1) is 5.92 Å². The molecule has 2 aromatic heterocycles. The maximum atomic E-state index is 13.6. The Kier molecular flexibility index (Phi) is 11.2. The lowest BCUT2D eigenvalue weighted by atomic mass is 10.0. The molecule has 5 N–H and O–H groups in total. The summed E-state index contributed by atoms with van der Waals surface area (Å²) in [6.45, 7) is 2.95. The molecular weight excluding hydrogens is 704 g/mol. The van der Waals surface area contributed by atoms with Gasteiger partial charge in [-0.25, -0.2) is 19.6 Å². The third-order valence-corrected chi connectivity index (χ3v) is 11.3. The van der Waals surface area contributed by atoms with Crippen molar-refractivity contribution in [2.75, 3.05) is 27.3 Å². The third-order valence-electron chi connectivity index (χ3n) is 11.3. The summed E-state index contributed by atoms with van der Waals surface area (Å²) in [6.07, 6.45) is 6.51. The highest BCUT2D eigenvalue weighted by atomic mass is 16.5. The maximum absolute atomic E-state index is 13.6. The van der Waals surface area contributed by atoms with Crippen LogP contribution >= 0.6 is 0 Å². The minimum absolute atomic E-state index is 0.0865. The summed E-state index contributed by atoms with van der Waals surface area (Å²) in [7, 11) is 2.75. The Morgan fingerprint density at radius 1 is 0.782 bits per heavy atom. The summed E-state index contributed by atoms with van der Waals surface area (Å²) in [6, 6.07) is 15.0. The topological polar surface area (TPSA) is 195 Å². The number of benzene rings is 2. The van der Waals surface area contributed by atoms with Crippen molar-refractivity contribution < 1.29 is 33.8 Å². The monoisotopic (exact) mass is 752 g/mol. The van der Waals surface area contributed by atoms with Gasteiger partial charge in [-0.3, -0.25) is 9.59 Å². The molecule has 15 heteroatoms. The number of carbonyl (C=O) groups excluding carboxylic acids is 3. The first-order valence-electron chi connectivity index (χ1n) is 18.9. The number of carbonyl (C=O) groups is 4. The maximum Gasteiger partial charge on any atom is 0.407 e. The summed E-state index contributed by atoms with van der Waals surface area (Å²) < 4.78 is 10.1. The molecule has 3 unspecified atom stereocenters. The SMILES string of the molecule is COC(=O)NC(C(=O)N1CCCC1c1ncc(-c2ccc(-c3ccc(-c4cnc([C@@H]5CCCN5C(=O)[C@H]5CC[C@@H](NC(=O)O)C5)[nH]4)cc3)cc2)[nH]1)C(C)OC. The first kappa shape index (κ1) is 37.6. The fourth-order valence-corrected chi connectivity index (χ4v) is 8.25. The molecule has 15 nitrogen and oxygen atoms in total. The van der Waals surface area contributed by atoms with Crippen LogP contribution in [0.5, 0.6) is 0 Å². The van der Waals surface area contributed by atoms with E-state index in [0.29, 0.717) is 38.2 Å². The lowest BCUT2D eigenvalue weighted by Crippen LogP contribution is -2.54. The number of rotatable bonds is 11. The van der Waals surface area contributed by atoms with Gasteiger partial charge in [-0.15, -0.1) is 0 Å². The molecule has 7 rings (SSSR count). The summed E-state index contributed by atoms with van der Waals surface area (Å²) in [5, 5.41) is 14.2. The second-order valence-electron chi connectivity index (χ2n) is 14.6. The van der Waals surface area contributed by atoms with Crippen LogP contribution in [-0.4, -0.2) is 104 Å². The van der Waals surface area contributed by atoms with E-state index in [4.69, 9.17) is 14.6 Å². The van der Waals surface area contributed by atoms with Crippen LogP contribution in [0.2, 0.25) is 0 Å². The number of alkyl carbamates (subject to hydrolysis) is 1. The predicted molar refractivity (Wildman–Crippen MR) is 203 cm³/mol. The van der Waals surface area contributed by atoms with Crippen molar-refractivity contribution in [3.05, 3.63) is 72.6 Å². The van der Waals surface area contributed by atoms with E-state index in [-0.39, 0.29) is 35.9 Å². The molecule has 4 heterocycles. The largest absolute Gasteiger partial charge is 0.465 e. The summed E-state index contributed by atoms with van der Waals surface area (Å²) >= 11 is 0. The van der Waals surface area contributed by atoms with E-state index in [2.05, 4.69) is 67.0 Å². The molecule has 2 saturated heterocycles. The average Bonchev–Trinajstić information content (AvgIpc) is 4.05. The van der Waals surface area contributed by atoms with Crippen molar-refractivity contribution in [3.8, 4) is 33.6 Å². The average molecular weight is 753 g/mol. The van der Waals surface area contributed by atoms with Crippen LogP contribution in [0.25, 0.3) is 33.6 Å². The minimum Gasteiger partial charge on any atom is -0.465 e. The van der Waals surface area contributed by atoms with Crippen LogP contribution in [0.4, 0.5) is 9.59 Å². The van der Waals surface area contributed by atoms with E-state index >= 15 is 0 Å². The Balaban J connectivity index is 0.983. The Bertz CT molecular complexity index is 1990. The number of hydrogen-bond acceptors (Lipinski definition) is 8. The van der Waals surface area contributed by atoms with Crippen LogP contribution in [0.15, 0.2) is 60.9 Å². The van der Waals surface area contributed by atoms with Crippen LogP contribution < -0.4 is 10.6 Å². The van der Waals surface area contributed by atoms with E-state index in [1.54, 1.807) is 18.0 Å². The number of likely N-dealkylation sites (tertiary alicyclic amines) is 2. The second-order valence-corrected chi connectivity index (χ2v) is 14.6. The molecule has 3 aliphatic rings. The minimum atomic E-state index is -1.04. The number of ether oxygens (including phenoxy) is 2. The zero-order chi connectivity index (χ0) is 38.6. The Morgan fingerprint density at radius 2 is 1.31 bits per heavy atom. The molecule has 290 valence electrons. The van der Waals surface area contributed by atoms with Crippen molar-refractivity contribution in [1.29, 1.82) is 0 Å². The van der Waals surface area contributed by atoms with Gasteiger partial charge in [0.25, 0.3) is 0 Å². The molecule has 2 aromatic carbocycles. The van der Waals surface area contributed by atoms with Gasteiger partial charge >= 0.3 is 12.2 Å². The molecule has 0 radical (unpaired) electrons. The normalized spacial score (nSPS) is 22.0. The van der Waals surface area contributed by atoms with Gasteiger partial charge in [-0.2, -0.15) is 0 Å². The molecule has 2 aliphatic heterocycles. The number of nitrogens with one attached hydrogen (secondary N) is 4. The van der Waals surface area contributed by atoms with E-state index in [0.717, 1.165) is 65.1 Å². The number of methoxy groups -OCH3 is 2. The molecule has 6 atom stereocenters. The van der Waals surface area contributed by atoms with Crippen LogP contribution in [-0.2, 0) is 19.1 Å². The number of imidazole rings is 2. The van der Waals surface area contributed by atoms with E-state index in [9.17, 15) is 19.2 Å². The van der Waals surface area contributed by atoms with Crippen molar-refractivity contribution in [3.63, 3.8) is 0 Å². The first-order valence-corrected chi connectivity index (χ1v) is 18.9. The highest BCUT2D eigenvalue weighted by molar-refractivity contribution is 5.87. The van der Waals surface area contributed by atoms with Gasteiger partial charge in [0, 0.05) is 32.2 Å². The van der Waals surface area contributed by atoms with Gasteiger partial charge in [0.05, 0.1) is 49.1 Å². The van der Waals surface area contributed by atoms with Crippen molar-refractivity contribution in [2.45, 2.75) is 82.1 Å². The number of aromatic amines is 2. The summed E-state index contributed by atoms with van der Waals surface area (Å²) in [5.74, 6) is 1.13. The lowest BCUT2D eigenvalue weighted by Gasteiger charge is -2.30. The molecule has 3 fully saturated rings. The highest BCUT2D eigenvalue weighted by Crippen LogP contribution is 2.37. The number of hydrogen-bond donors (Lipinski definition) is 5. The van der Waals surface area contributed by atoms with Gasteiger partial charge in [0.1, 0.15) is 17.7 Å². The van der Waals surface area contributed by atoms with E-state index in [1.807, 2.05) is 23.2 Å². The number of H-pyrrole nitrogens is 2. The summed E-state index contributed by atoms with van der Waals surface area (Å²) in [5.41, 5.74) is 5.77. The molecule has 1 aliphatic carbocycles. The van der Waals surface area contributed by atoms with Crippen LogP contribution in [0.3, 0.4) is 0 Å². The van der Waals surface area contributed by atoms with Crippen molar-refractivity contribution in [1.82, 2.24) is 40.4 Å². The zero-order valence-electron chi connectivity index (χ0n) is 31.3. The number of aromatic nitrogens is 4. The predicted octanol–water partition coefficient (Wildman–Crippen LogP) is 5.66. The van der Waals surface area contributed by atoms with Gasteiger partial charge in [-0.1, -0.05) is 48.5 Å². The first-order chi connectivity index (χ1) is 26.6. The van der Waals surface area contributed by atoms with Gasteiger partial charge < -0.3 is 45.0 Å². The highest BCUT2D eigenvalue weighted by Gasteiger charge is 2.40. The van der Waals surface area contributed by atoms with E-state index < -0.39 is 24.3 Å². The van der Waals surface area contributed by atoms with Gasteiger partial charge in [0.2, 0.25) is 11.8 Å². The third kappa shape index (κ3) is 8.07. The Morgan fingerprint density at radius 3 is 1.84 bits per heavy atom. The Labute approximate surface area is 319 Å². The van der Waals surface area contributed by atoms with Gasteiger partial charge in [0.15, 0.2) is 0 Å². The Hall–Kier alpha value is -5.70. The standard InChI is InChI=1S/C40H48N8O7/c1-23(54-2)34(46-40(53)55-3)38(50)48-19-5-7-33(48)36-42-22-31(45-36)27-14-10-25(11-15-27)24-8-12-26(13-9-24)30-21-41-35(44-30)32-6-4-18-47(32)37(49)28-16-17-29(20-28)43-39(51)52/h8-15,21-23,28-29,32-34,43H,4-7,16-20H2,1-3H3,(H,41,44)(H,42,45)(H,46,53)(H,51,52)/t23?,28-,29+,32-,33?,34?/m0/s1. The number of nitrogens with zero attached hydrogens (tertiary/aromatic N) is 4. The van der Waals surface area contributed by atoms with Crippen molar-refractivity contribution in [2.24, 2.45) is 5.92 Å². The quantitative estimate of drug-likeness (QED) is 0.129. The molecule has 0 bridgehead atoms. The fraction of sp³-hybridized carbons (Fsp3) is 0.450. The summed E-state index contributed by atoms with van der Waals surface area (Å²) in [4.78, 5) is 70.0. The molecule has 1 saturated carbocycles. The fourth-order valence-electron chi connectivity index (χ4n) is 8.25.